The van der Waals surface area contributed by atoms with Crippen LogP contribution in [0, 0.1) is 6.92 Å². The van der Waals surface area contributed by atoms with Crippen molar-refractivity contribution >= 4 is 11.6 Å². The van der Waals surface area contributed by atoms with Crippen molar-refractivity contribution in [2.24, 2.45) is 0 Å². The maximum Gasteiger partial charge on any atom is 0.227 e. The minimum absolute atomic E-state index is 0.0350. The second-order valence-electron chi connectivity index (χ2n) is 8.01. The number of nitrogens with zero attached hydrogens (tertiary/aromatic N) is 2. The summed E-state index contributed by atoms with van der Waals surface area (Å²) in [6.07, 6.45) is 9.39. The van der Waals surface area contributed by atoms with Crippen molar-refractivity contribution in [3.63, 3.8) is 0 Å². The molecule has 5 nitrogen and oxygen atoms in total. The van der Waals surface area contributed by atoms with E-state index in [2.05, 4.69) is 12.1 Å². The molecular weight excluding hydrogens is 340 g/mol. The van der Waals surface area contributed by atoms with Gasteiger partial charge in [-0.25, -0.2) is 0 Å². The van der Waals surface area contributed by atoms with Gasteiger partial charge in [0.25, 0.3) is 0 Å². The minimum atomic E-state index is -0.304. The van der Waals surface area contributed by atoms with Crippen LogP contribution in [0.5, 0.6) is 5.75 Å². The van der Waals surface area contributed by atoms with Crippen LogP contribution in [0.3, 0.4) is 0 Å². The van der Waals surface area contributed by atoms with Gasteiger partial charge < -0.3 is 14.6 Å². The Labute approximate surface area is 159 Å². The molecule has 1 amide bonds. The highest BCUT2D eigenvalue weighted by Gasteiger charge is 2.36. The summed E-state index contributed by atoms with van der Waals surface area (Å²) < 4.78 is 1.95. The Balaban J connectivity index is 1.70. The summed E-state index contributed by atoms with van der Waals surface area (Å²) in [7, 11) is 0. The third-order valence-corrected chi connectivity index (χ3v) is 6.13. The summed E-state index contributed by atoms with van der Waals surface area (Å²) in [6, 6.07) is 8.39. The fraction of sp³-hybridized carbons (Fsp3) is 0.455. The number of aryl methyl sites for hydroxylation is 1. The maximum atomic E-state index is 12.1. The van der Waals surface area contributed by atoms with Crippen molar-refractivity contribution in [2.45, 2.75) is 57.4 Å². The summed E-state index contributed by atoms with van der Waals surface area (Å²) in [4.78, 5) is 25.9. The zero-order valence-electron chi connectivity index (χ0n) is 15.8. The highest BCUT2D eigenvalue weighted by Crippen LogP contribution is 2.43. The van der Waals surface area contributed by atoms with Crippen LogP contribution in [0.1, 0.15) is 49.7 Å². The molecule has 0 radical (unpaired) electrons. The minimum Gasteiger partial charge on any atom is -0.503 e. The fourth-order valence-corrected chi connectivity index (χ4v) is 4.72. The van der Waals surface area contributed by atoms with Crippen molar-refractivity contribution in [2.75, 3.05) is 11.4 Å². The Morgan fingerprint density at radius 1 is 1.11 bits per heavy atom. The Morgan fingerprint density at radius 3 is 2.56 bits per heavy atom. The van der Waals surface area contributed by atoms with E-state index in [1.54, 1.807) is 13.1 Å². The Hall–Kier alpha value is -2.56. The van der Waals surface area contributed by atoms with Crippen LogP contribution in [0.4, 0.5) is 5.69 Å². The van der Waals surface area contributed by atoms with Crippen molar-refractivity contribution in [1.29, 1.82) is 0 Å². The number of aromatic nitrogens is 1. The molecule has 2 aromatic rings. The molecule has 2 aliphatic rings. The van der Waals surface area contributed by atoms with E-state index < -0.39 is 0 Å². The van der Waals surface area contributed by atoms with Crippen LogP contribution >= 0.6 is 0 Å². The molecule has 0 atom stereocenters. The fourth-order valence-electron chi connectivity index (χ4n) is 4.72. The van der Waals surface area contributed by atoms with Crippen LogP contribution in [0.25, 0.3) is 0 Å². The van der Waals surface area contributed by atoms with Gasteiger partial charge in [0, 0.05) is 48.6 Å². The number of aromatic hydroxyl groups is 1. The second kappa shape index (κ2) is 6.87. The lowest BCUT2D eigenvalue weighted by Crippen LogP contribution is -2.30. The molecule has 27 heavy (non-hydrogen) atoms. The maximum absolute atomic E-state index is 12.1. The first-order chi connectivity index (χ1) is 13.0. The lowest BCUT2D eigenvalue weighted by molar-refractivity contribution is -0.117. The first kappa shape index (κ1) is 17.8. The van der Waals surface area contributed by atoms with Gasteiger partial charge in [0.2, 0.25) is 11.3 Å². The van der Waals surface area contributed by atoms with Gasteiger partial charge in [0.15, 0.2) is 5.75 Å². The second-order valence-corrected chi connectivity index (χ2v) is 8.01. The number of pyridine rings is 1. The van der Waals surface area contributed by atoms with Crippen molar-refractivity contribution in [3.8, 4) is 5.75 Å². The van der Waals surface area contributed by atoms with Crippen molar-refractivity contribution in [1.82, 2.24) is 4.57 Å². The Kier molecular flexibility index (Phi) is 4.54. The number of amides is 1. The Morgan fingerprint density at radius 2 is 1.89 bits per heavy atom. The smallest absolute Gasteiger partial charge is 0.227 e. The number of hydrogen-bond donors (Lipinski definition) is 1. The van der Waals surface area contributed by atoms with Gasteiger partial charge in [0.05, 0.1) is 0 Å². The number of rotatable bonds is 4. The number of carbonyl (C=O) groups is 1. The number of hydrogen-bond acceptors (Lipinski definition) is 3. The van der Waals surface area contributed by atoms with Gasteiger partial charge >= 0.3 is 0 Å². The molecular formula is C22H26N2O3. The quantitative estimate of drug-likeness (QED) is 0.901. The van der Waals surface area contributed by atoms with E-state index in [9.17, 15) is 14.7 Å². The summed E-state index contributed by atoms with van der Waals surface area (Å²) in [6.45, 7) is 3.25. The molecule has 1 N–H and O–H groups in total. The molecule has 1 aromatic carbocycles. The molecule has 1 aliphatic carbocycles. The summed E-state index contributed by atoms with van der Waals surface area (Å²) in [5.41, 5.74) is 2.45. The van der Waals surface area contributed by atoms with E-state index in [0.717, 1.165) is 50.9 Å². The van der Waals surface area contributed by atoms with Crippen LogP contribution in [0.2, 0.25) is 0 Å². The summed E-state index contributed by atoms with van der Waals surface area (Å²) in [5.74, 6) is 0.00754. The van der Waals surface area contributed by atoms with Crippen LogP contribution in [0.15, 0.2) is 41.5 Å². The summed E-state index contributed by atoms with van der Waals surface area (Å²) in [5, 5.41) is 9.95. The van der Waals surface area contributed by atoms with Gasteiger partial charge in [-0.1, -0.05) is 25.0 Å². The van der Waals surface area contributed by atoms with Crippen molar-refractivity contribution < 1.29 is 9.90 Å². The predicted molar refractivity (Wildman–Crippen MR) is 105 cm³/mol. The molecule has 1 saturated carbocycles. The number of benzene rings is 1. The molecule has 0 bridgehead atoms. The average Bonchev–Trinajstić information content (AvgIpc) is 3.29. The topological polar surface area (TPSA) is 62.5 Å². The largest absolute Gasteiger partial charge is 0.503 e. The predicted octanol–water partition coefficient (Wildman–Crippen LogP) is 3.50. The van der Waals surface area contributed by atoms with E-state index >= 15 is 0 Å². The third-order valence-electron chi connectivity index (χ3n) is 6.13. The molecule has 142 valence electrons. The first-order valence-corrected chi connectivity index (χ1v) is 9.79. The number of anilines is 1. The molecule has 5 heteroatoms. The highest BCUT2D eigenvalue weighted by atomic mass is 16.3. The SMILES string of the molecule is Cc1cn(CC2(c3cccc(N4CCCC4=O)c3)CCCC2)cc(O)c1=O. The molecule has 1 saturated heterocycles. The normalized spacial score (nSPS) is 19.0. The van der Waals surface area contributed by atoms with E-state index in [-0.39, 0.29) is 22.5 Å². The van der Waals surface area contributed by atoms with Gasteiger partial charge in [0.1, 0.15) is 0 Å². The molecule has 2 fully saturated rings. The molecule has 0 unspecified atom stereocenters. The van der Waals surface area contributed by atoms with E-state index in [1.807, 2.05) is 27.8 Å². The molecule has 4 rings (SSSR count). The van der Waals surface area contributed by atoms with Crippen LogP contribution < -0.4 is 10.3 Å². The monoisotopic (exact) mass is 366 g/mol. The first-order valence-electron chi connectivity index (χ1n) is 9.79. The van der Waals surface area contributed by atoms with Gasteiger partial charge in [-0.3, -0.25) is 9.59 Å². The lowest BCUT2D eigenvalue weighted by atomic mass is 9.78. The molecule has 0 spiro atoms. The van der Waals surface area contributed by atoms with Crippen LogP contribution in [-0.2, 0) is 16.8 Å². The zero-order valence-corrected chi connectivity index (χ0v) is 15.8. The standard InChI is InChI=1S/C22H26N2O3/c1-16-13-23(14-19(25)21(16)27)15-22(9-2-3-10-22)17-6-4-7-18(12-17)24-11-5-8-20(24)26/h4,6-7,12-14,25H,2-3,5,8-11,15H2,1H3. The lowest BCUT2D eigenvalue weighted by Gasteiger charge is -2.32. The van der Waals surface area contributed by atoms with E-state index in [1.165, 1.54) is 5.56 Å². The van der Waals surface area contributed by atoms with Crippen molar-refractivity contribution in [3.05, 3.63) is 58.0 Å². The van der Waals surface area contributed by atoms with Gasteiger partial charge in [-0.15, -0.1) is 0 Å². The average molecular weight is 366 g/mol. The van der Waals surface area contributed by atoms with Gasteiger partial charge in [-0.2, -0.15) is 0 Å². The Bertz CT molecular complexity index is 899. The third kappa shape index (κ3) is 3.27. The summed E-state index contributed by atoms with van der Waals surface area (Å²) >= 11 is 0. The zero-order chi connectivity index (χ0) is 19.0. The van der Waals surface area contributed by atoms with E-state index in [4.69, 9.17) is 0 Å². The highest BCUT2D eigenvalue weighted by molar-refractivity contribution is 5.95. The molecule has 1 aromatic heterocycles. The van der Waals surface area contributed by atoms with Crippen LogP contribution in [-0.4, -0.2) is 22.1 Å². The van der Waals surface area contributed by atoms with Gasteiger partial charge in [-0.05, 0) is 43.9 Å². The molecule has 1 aliphatic heterocycles. The number of carbonyl (C=O) groups excluding carboxylic acids is 1. The molecule has 2 heterocycles. The van der Waals surface area contributed by atoms with E-state index in [0.29, 0.717) is 12.0 Å².